The molecule has 0 spiro atoms. The molecule has 0 bridgehead atoms. The normalized spacial score (nSPS) is 12.8. The Morgan fingerprint density at radius 2 is 2.25 bits per heavy atom. The van der Waals surface area contributed by atoms with Crippen molar-refractivity contribution in [3.05, 3.63) is 44.6 Å². The third kappa shape index (κ3) is 2.14. The second-order valence-corrected chi connectivity index (χ2v) is 4.99. The Labute approximate surface area is 104 Å². The summed E-state index contributed by atoms with van der Waals surface area (Å²) in [5, 5.41) is 13.8. The molecule has 0 saturated carbocycles. The molecular weight excluding hydrogens is 295 g/mol. The smallest absolute Gasteiger partial charge is 0.129 e. The topological polar surface area (TPSA) is 46.0 Å². The quantitative estimate of drug-likeness (QED) is 0.928. The van der Waals surface area contributed by atoms with E-state index in [4.69, 9.17) is 0 Å². The van der Waals surface area contributed by atoms with Gasteiger partial charge in [-0.15, -0.1) is 5.10 Å². The van der Waals surface area contributed by atoms with Crippen LogP contribution in [0.2, 0.25) is 0 Å². The summed E-state index contributed by atoms with van der Waals surface area (Å²) in [5.41, 5.74) is 0.848. The molecule has 0 aliphatic heterocycles. The van der Waals surface area contributed by atoms with Crippen LogP contribution < -0.4 is 0 Å². The zero-order valence-electron chi connectivity index (χ0n) is 8.32. The number of benzene rings is 1. The molecule has 1 atom stereocenters. The summed E-state index contributed by atoms with van der Waals surface area (Å²) < 4.78 is 18.0. The van der Waals surface area contributed by atoms with Gasteiger partial charge < -0.3 is 5.11 Å². The van der Waals surface area contributed by atoms with Crippen LogP contribution in [0.1, 0.15) is 22.2 Å². The van der Waals surface area contributed by atoms with E-state index in [-0.39, 0.29) is 5.56 Å². The number of halogens is 2. The molecule has 1 N–H and O–H groups in total. The van der Waals surface area contributed by atoms with Gasteiger partial charge >= 0.3 is 0 Å². The Morgan fingerprint density at radius 3 is 2.88 bits per heavy atom. The molecule has 3 nitrogen and oxygen atoms in total. The van der Waals surface area contributed by atoms with E-state index < -0.39 is 11.9 Å². The zero-order chi connectivity index (χ0) is 11.7. The number of aromatic nitrogens is 2. The monoisotopic (exact) mass is 302 g/mol. The van der Waals surface area contributed by atoms with Gasteiger partial charge in [-0.1, -0.05) is 20.4 Å². The Hall–Kier alpha value is -0.850. The second-order valence-electron chi connectivity index (χ2n) is 3.29. The van der Waals surface area contributed by atoms with Crippen molar-refractivity contribution in [3.63, 3.8) is 0 Å². The van der Waals surface area contributed by atoms with Crippen LogP contribution in [-0.4, -0.2) is 14.7 Å². The molecule has 1 aromatic carbocycles. The van der Waals surface area contributed by atoms with E-state index >= 15 is 0 Å². The fraction of sp³-hybridized carbons (Fsp3) is 0.200. The largest absolute Gasteiger partial charge is 0.383 e. The van der Waals surface area contributed by atoms with Crippen LogP contribution in [0, 0.1) is 12.7 Å². The minimum atomic E-state index is -1.02. The zero-order valence-corrected chi connectivity index (χ0v) is 10.7. The molecule has 1 aromatic heterocycles. The molecule has 0 fully saturated rings. The predicted molar refractivity (Wildman–Crippen MR) is 62.8 cm³/mol. The molecule has 0 saturated heterocycles. The summed E-state index contributed by atoms with van der Waals surface area (Å²) in [5.74, 6) is -0.441. The second kappa shape index (κ2) is 4.57. The number of aliphatic hydroxyl groups excluding tert-OH is 1. The lowest BCUT2D eigenvalue weighted by Crippen LogP contribution is -2.02. The molecule has 2 rings (SSSR count). The van der Waals surface area contributed by atoms with E-state index in [0.717, 1.165) is 16.0 Å². The molecule has 1 unspecified atom stereocenters. The van der Waals surface area contributed by atoms with Crippen LogP contribution in [0.15, 0.2) is 22.7 Å². The van der Waals surface area contributed by atoms with Crippen molar-refractivity contribution in [3.8, 4) is 0 Å². The lowest BCUT2D eigenvalue weighted by atomic mass is 10.1. The van der Waals surface area contributed by atoms with Crippen LogP contribution >= 0.6 is 27.5 Å². The minimum absolute atomic E-state index is 0.225. The average molecular weight is 303 g/mol. The Balaban J connectivity index is 2.45. The van der Waals surface area contributed by atoms with Gasteiger partial charge in [-0.25, -0.2) is 4.39 Å². The Bertz CT molecular complexity index is 517. The minimum Gasteiger partial charge on any atom is -0.383 e. The summed E-state index contributed by atoms with van der Waals surface area (Å²) in [6, 6.07) is 4.45. The van der Waals surface area contributed by atoms with Gasteiger partial charge in [0.2, 0.25) is 0 Å². The number of hydrogen-bond acceptors (Lipinski definition) is 4. The van der Waals surface area contributed by atoms with Gasteiger partial charge in [0.25, 0.3) is 0 Å². The van der Waals surface area contributed by atoms with E-state index in [1.807, 2.05) is 0 Å². The summed E-state index contributed by atoms with van der Waals surface area (Å²) in [4.78, 5) is 0.567. The predicted octanol–water partition coefficient (Wildman–Crippen LogP) is 2.83. The summed E-state index contributed by atoms with van der Waals surface area (Å²) in [6.45, 7) is 1.73. The van der Waals surface area contributed by atoms with E-state index in [9.17, 15) is 9.50 Å². The molecule has 84 valence electrons. The maximum atomic E-state index is 13.5. The fourth-order valence-electron chi connectivity index (χ4n) is 1.35. The SMILES string of the molecule is Cc1nnsc1C(O)c1cc(Br)ccc1F. The molecule has 16 heavy (non-hydrogen) atoms. The Kier molecular flexibility index (Phi) is 3.32. The van der Waals surface area contributed by atoms with Gasteiger partial charge in [-0.3, -0.25) is 0 Å². The molecule has 2 aromatic rings. The van der Waals surface area contributed by atoms with Gasteiger partial charge in [0.05, 0.1) is 10.6 Å². The van der Waals surface area contributed by atoms with Gasteiger partial charge in [-0.05, 0) is 36.7 Å². The lowest BCUT2D eigenvalue weighted by Gasteiger charge is -2.10. The van der Waals surface area contributed by atoms with E-state index in [2.05, 4.69) is 25.5 Å². The Morgan fingerprint density at radius 1 is 1.50 bits per heavy atom. The highest BCUT2D eigenvalue weighted by atomic mass is 79.9. The highest BCUT2D eigenvalue weighted by molar-refractivity contribution is 9.10. The van der Waals surface area contributed by atoms with Crippen molar-refractivity contribution in [1.29, 1.82) is 0 Å². The summed E-state index contributed by atoms with van der Waals surface area (Å²) in [6.07, 6.45) is -1.02. The number of aliphatic hydroxyl groups is 1. The molecule has 0 aliphatic carbocycles. The first-order chi connectivity index (χ1) is 7.59. The number of rotatable bonds is 2. The third-order valence-electron chi connectivity index (χ3n) is 2.19. The van der Waals surface area contributed by atoms with Crippen molar-refractivity contribution in [2.75, 3.05) is 0 Å². The first-order valence-electron chi connectivity index (χ1n) is 4.51. The van der Waals surface area contributed by atoms with Crippen LogP contribution in [0.4, 0.5) is 4.39 Å². The number of aryl methyl sites for hydroxylation is 1. The first-order valence-corrected chi connectivity index (χ1v) is 6.08. The third-order valence-corrected chi connectivity index (χ3v) is 3.56. The maximum Gasteiger partial charge on any atom is 0.129 e. The fourth-order valence-corrected chi connectivity index (χ4v) is 2.38. The highest BCUT2D eigenvalue weighted by Gasteiger charge is 2.19. The van der Waals surface area contributed by atoms with Crippen LogP contribution in [0.3, 0.4) is 0 Å². The van der Waals surface area contributed by atoms with Crippen molar-refractivity contribution in [2.45, 2.75) is 13.0 Å². The maximum absolute atomic E-state index is 13.5. The van der Waals surface area contributed by atoms with Crippen LogP contribution in [0.5, 0.6) is 0 Å². The van der Waals surface area contributed by atoms with Crippen molar-refractivity contribution < 1.29 is 9.50 Å². The highest BCUT2D eigenvalue weighted by Crippen LogP contribution is 2.29. The van der Waals surface area contributed by atoms with E-state index in [1.165, 1.54) is 6.07 Å². The van der Waals surface area contributed by atoms with Crippen LogP contribution in [0.25, 0.3) is 0 Å². The lowest BCUT2D eigenvalue weighted by molar-refractivity contribution is 0.217. The average Bonchev–Trinajstić information content (AvgIpc) is 2.67. The summed E-state index contributed by atoms with van der Waals surface area (Å²) >= 11 is 4.31. The van der Waals surface area contributed by atoms with Gasteiger partial charge in [0.1, 0.15) is 11.9 Å². The van der Waals surface area contributed by atoms with Crippen molar-refractivity contribution >= 4 is 27.5 Å². The molecule has 0 aliphatic rings. The number of nitrogens with zero attached hydrogens (tertiary/aromatic N) is 2. The van der Waals surface area contributed by atoms with E-state index in [1.54, 1.807) is 19.1 Å². The standard InChI is InChI=1S/C10H8BrFN2OS/c1-5-10(16-14-13-5)9(15)7-4-6(11)2-3-8(7)12/h2-4,9,15H,1H3. The van der Waals surface area contributed by atoms with Crippen molar-refractivity contribution in [1.82, 2.24) is 9.59 Å². The van der Waals surface area contributed by atoms with Crippen molar-refractivity contribution in [2.24, 2.45) is 0 Å². The molecule has 6 heteroatoms. The molecule has 0 radical (unpaired) electrons. The molecular formula is C10H8BrFN2OS. The molecule has 0 amide bonds. The van der Waals surface area contributed by atoms with Gasteiger partial charge in [0.15, 0.2) is 0 Å². The number of hydrogen-bond donors (Lipinski definition) is 1. The van der Waals surface area contributed by atoms with Crippen LogP contribution in [-0.2, 0) is 0 Å². The van der Waals surface area contributed by atoms with Gasteiger partial charge in [0, 0.05) is 10.0 Å². The first kappa shape index (κ1) is 11.6. The molecule has 1 heterocycles. The summed E-state index contributed by atoms with van der Waals surface area (Å²) in [7, 11) is 0. The van der Waals surface area contributed by atoms with E-state index in [0.29, 0.717) is 10.6 Å². The van der Waals surface area contributed by atoms with Gasteiger partial charge in [-0.2, -0.15) is 0 Å².